The Hall–Kier alpha value is -3.87. The van der Waals surface area contributed by atoms with Crippen LogP contribution < -0.4 is 14.8 Å². The summed E-state index contributed by atoms with van der Waals surface area (Å²) in [6.45, 7) is 3.91. The van der Waals surface area contributed by atoms with Gasteiger partial charge in [0.15, 0.2) is 17.1 Å². The number of methoxy groups -OCH3 is 2. The molecular formula is C24H24N4O3. The topological polar surface area (TPSA) is 78.3 Å². The Kier molecular flexibility index (Phi) is 5.33. The molecule has 7 nitrogen and oxygen atoms in total. The molecule has 0 bridgehead atoms. The highest BCUT2D eigenvalue weighted by atomic mass is 16.5. The number of nitrogens with zero attached hydrogens (tertiary/aromatic N) is 3. The lowest BCUT2D eigenvalue weighted by atomic mass is 10.0. The van der Waals surface area contributed by atoms with Crippen LogP contribution in [0.1, 0.15) is 21.6 Å². The molecule has 1 N–H and O–H groups in total. The van der Waals surface area contributed by atoms with Crippen LogP contribution in [0.2, 0.25) is 0 Å². The van der Waals surface area contributed by atoms with Crippen LogP contribution in [0, 0.1) is 13.8 Å². The monoisotopic (exact) mass is 416 g/mol. The number of nitrogens with one attached hydrogen (secondary N) is 1. The largest absolute Gasteiger partial charge is 0.493 e. The average Bonchev–Trinajstić information content (AvgIpc) is 3.06. The van der Waals surface area contributed by atoms with E-state index in [1.165, 1.54) is 0 Å². The van der Waals surface area contributed by atoms with E-state index in [0.717, 1.165) is 22.2 Å². The second-order valence-electron chi connectivity index (χ2n) is 7.32. The van der Waals surface area contributed by atoms with Gasteiger partial charge in [-0.3, -0.25) is 9.48 Å². The summed E-state index contributed by atoms with van der Waals surface area (Å²) in [5.41, 5.74) is 5.20. The van der Waals surface area contributed by atoms with Gasteiger partial charge in [-0.1, -0.05) is 35.9 Å². The molecule has 2 aromatic heterocycles. The average molecular weight is 416 g/mol. The molecule has 0 aliphatic carbocycles. The smallest absolute Gasteiger partial charge is 0.256 e. The van der Waals surface area contributed by atoms with Crippen LogP contribution in [0.15, 0.2) is 48.5 Å². The van der Waals surface area contributed by atoms with Crippen molar-refractivity contribution in [1.29, 1.82) is 0 Å². The summed E-state index contributed by atoms with van der Waals surface area (Å²) >= 11 is 0. The van der Waals surface area contributed by atoms with Gasteiger partial charge in [0.1, 0.15) is 0 Å². The van der Waals surface area contributed by atoms with Crippen molar-refractivity contribution in [3.63, 3.8) is 0 Å². The fourth-order valence-electron chi connectivity index (χ4n) is 3.67. The third-order valence-electron chi connectivity index (χ3n) is 5.21. The molecule has 0 unspecified atom stereocenters. The van der Waals surface area contributed by atoms with E-state index in [2.05, 4.69) is 10.4 Å². The molecule has 0 radical (unpaired) electrons. The van der Waals surface area contributed by atoms with Gasteiger partial charge in [0.2, 0.25) is 0 Å². The maximum atomic E-state index is 13.4. The minimum atomic E-state index is -0.275. The lowest BCUT2D eigenvalue weighted by Gasteiger charge is -2.14. The van der Waals surface area contributed by atoms with Crippen LogP contribution in [0.3, 0.4) is 0 Å². The Morgan fingerprint density at radius 2 is 1.77 bits per heavy atom. The zero-order valence-electron chi connectivity index (χ0n) is 18.2. The zero-order chi connectivity index (χ0) is 22.1. The highest BCUT2D eigenvalue weighted by Gasteiger charge is 2.21. The van der Waals surface area contributed by atoms with Gasteiger partial charge in [-0.05, 0) is 32.0 Å². The summed E-state index contributed by atoms with van der Waals surface area (Å²) in [6.07, 6.45) is 0. The van der Waals surface area contributed by atoms with Gasteiger partial charge in [0.25, 0.3) is 5.91 Å². The minimum absolute atomic E-state index is 0.275. The number of carbonyl (C=O) groups is 1. The summed E-state index contributed by atoms with van der Waals surface area (Å²) in [5.74, 6) is 0.729. The Balaban J connectivity index is 1.84. The van der Waals surface area contributed by atoms with E-state index < -0.39 is 0 Å². The molecule has 4 rings (SSSR count). The molecule has 158 valence electrons. The highest BCUT2D eigenvalue weighted by molar-refractivity contribution is 6.13. The molecule has 7 heteroatoms. The van der Waals surface area contributed by atoms with E-state index in [-0.39, 0.29) is 5.91 Å². The van der Waals surface area contributed by atoms with Crippen molar-refractivity contribution in [3.05, 3.63) is 65.4 Å². The molecule has 4 aromatic rings. The molecule has 0 spiro atoms. The van der Waals surface area contributed by atoms with Gasteiger partial charge < -0.3 is 14.8 Å². The zero-order valence-corrected chi connectivity index (χ0v) is 18.2. The number of rotatable bonds is 5. The van der Waals surface area contributed by atoms with Crippen molar-refractivity contribution in [2.75, 3.05) is 19.5 Å². The minimum Gasteiger partial charge on any atom is -0.493 e. The van der Waals surface area contributed by atoms with E-state index in [0.29, 0.717) is 34.1 Å². The van der Waals surface area contributed by atoms with Crippen LogP contribution in [0.25, 0.3) is 22.3 Å². The lowest BCUT2D eigenvalue weighted by molar-refractivity contribution is 0.102. The number of amides is 1. The lowest BCUT2D eigenvalue weighted by Crippen LogP contribution is -2.14. The van der Waals surface area contributed by atoms with E-state index in [4.69, 9.17) is 14.5 Å². The number of anilines is 1. The molecule has 31 heavy (non-hydrogen) atoms. The molecule has 0 atom stereocenters. The number of ether oxygens (including phenoxy) is 2. The van der Waals surface area contributed by atoms with Crippen LogP contribution in [0.5, 0.6) is 11.5 Å². The van der Waals surface area contributed by atoms with Gasteiger partial charge in [-0.25, -0.2) is 4.98 Å². The van der Waals surface area contributed by atoms with Gasteiger partial charge in [0, 0.05) is 12.6 Å². The first-order chi connectivity index (χ1) is 14.9. The molecule has 1 amide bonds. The fourth-order valence-corrected chi connectivity index (χ4v) is 3.67. The third-order valence-corrected chi connectivity index (χ3v) is 5.21. The van der Waals surface area contributed by atoms with Crippen molar-refractivity contribution in [2.24, 2.45) is 7.05 Å². The number of carbonyl (C=O) groups excluding carboxylic acids is 1. The van der Waals surface area contributed by atoms with Crippen LogP contribution in [-0.4, -0.2) is 34.9 Å². The maximum absolute atomic E-state index is 13.4. The van der Waals surface area contributed by atoms with Crippen molar-refractivity contribution in [1.82, 2.24) is 14.8 Å². The maximum Gasteiger partial charge on any atom is 0.256 e. The van der Waals surface area contributed by atoms with E-state index in [1.807, 2.05) is 51.2 Å². The molecule has 0 saturated carbocycles. The molecule has 0 aliphatic heterocycles. The van der Waals surface area contributed by atoms with E-state index >= 15 is 0 Å². The number of para-hydroxylation sites is 1. The number of aromatic nitrogens is 3. The van der Waals surface area contributed by atoms with Crippen molar-refractivity contribution >= 4 is 22.6 Å². The van der Waals surface area contributed by atoms with Gasteiger partial charge in [-0.15, -0.1) is 0 Å². The Morgan fingerprint density at radius 3 is 2.45 bits per heavy atom. The van der Waals surface area contributed by atoms with E-state index in [9.17, 15) is 4.79 Å². The fraction of sp³-hybridized carbons (Fsp3) is 0.208. The molecule has 2 heterocycles. The second-order valence-corrected chi connectivity index (χ2v) is 7.32. The molecule has 0 fully saturated rings. The molecule has 0 aliphatic rings. The van der Waals surface area contributed by atoms with Gasteiger partial charge >= 0.3 is 0 Å². The van der Waals surface area contributed by atoms with Crippen LogP contribution >= 0.6 is 0 Å². The predicted molar refractivity (Wildman–Crippen MR) is 121 cm³/mol. The quantitative estimate of drug-likeness (QED) is 0.517. The standard InChI is InChI=1S/C24H24N4O3/c1-14-9-11-16(12-10-14)19-13-17(21-15(2)27-28(3)23(21)25-19)24(29)26-18-7-6-8-20(30-4)22(18)31-5/h6-13H,1-5H3,(H,26,29). The Labute approximate surface area is 180 Å². The summed E-state index contributed by atoms with van der Waals surface area (Å²) < 4.78 is 12.5. The highest BCUT2D eigenvalue weighted by Crippen LogP contribution is 2.35. The Bertz CT molecular complexity index is 1280. The number of hydrogen-bond donors (Lipinski definition) is 1. The summed E-state index contributed by atoms with van der Waals surface area (Å²) in [5, 5.41) is 8.16. The first kappa shape index (κ1) is 20.4. The van der Waals surface area contributed by atoms with Crippen LogP contribution in [-0.2, 0) is 7.05 Å². The number of aryl methyl sites for hydroxylation is 3. The first-order valence-electron chi connectivity index (χ1n) is 9.86. The van der Waals surface area contributed by atoms with Crippen molar-refractivity contribution < 1.29 is 14.3 Å². The predicted octanol–water partition coefficient (Wildman–Crippen LogP) is 4.52. The summed E-state index contributed by atoms with van der Waals surface area (Å²) in [4.78, 5) is 18.2. The second kappa shape index (κ2) is 8.10. The summed E-state index contributed by atoms with van der Waals surface area (Å²) in [7, 11) is 4.93. The normalized spacial score (nSPS) is 10.9. The number of pyridine rings is 1. The Morgan fingerprint density at radius 1 is 1.03 bits per heavy atom. The summed E-state index contributed by atoms with van der Waals surface area (Å²) in [6, 6.07) is 15.2. The number of hydrogen-bond acceptors (Lipinski definition) is 5. The number of benzene rings is 2. The third kappa shape index (κ3) is 3.70. The SMILES string of the molecule is COc1cccc(NC(=O)c2cc(-c3ccc(C)cc3)nc3c2c(C)nn3C)c1OC. The van der Waals surface area contributed by atoms with E-state index in [1.54, 1.807) is 37.1 Å². The van der Waals surface area contributed by atoms with Gasteiger partial charge in [-0.2, -0.15) is 5.10 Å². The van der Waals surface area contributed by atoms with Crippen molar-refractivity contribution in [2.45, 2.75) is 13.8 Å². The molecule has 0 saturated heterocycles. The van der Waals surface area contributed by atoms with Crippen LogP contribution in [0.4, 0.5) is 5.69 Å². The molecular weight excluding hydrogens is 392 g/mol. The number of fused-ring (bicyclic) bond motifs is 1. The van der Waals surface area contributed by atoms with Crippen molar-refractivity contribution in [3.8, 4) is 22.8 Å². The molecule has 2 aromatic carbocycles. The van der Waals surface area contributed by atoms with Gasteiger partial charge in [0.05, 0.1) is 42.2 Å². The first-order valence-corrected chi connectivity index (χ1v) is 9.86.